The first-order valence-electron chi connectivity index (χ1n) is 9.95. The first-order chi connectivity index (χ1) is 12.6. The van der Waals surface area contributed by atoms with Gasteiger partial charge in [0.15, 0.2) is 0 Å². The van der Waals surface area contributed by atoms with Crippen molar-refractivity contribution < 1.29 is 13.2 Å². The highest BCUT2D eigenvalue weighted by Crippen LogP contribution is 2.44. The predicted molar refractivity (Wildman–Crippen MR) is 101 cm³/mol. The van der Waals surface area contributed by atoms with Gasteiger partial charge in [0.05, 0.1) is 6.67 Å². The number of benzene rings is 1. The molecule has 26 heavy (non-hydrogen) atoms. The zero-order valence-corrected chi connectivity index (χ0v) is 16.0. The van der Waals surface area contributed by atoms with E-state index in [1.807, 2.05) is 6.08 Å². The second-order valence-corrected chi connectivity index (χ2v) is 8.37. The molecular weight excluding hydrogens is 357 g/mol. The molecule has 0 radical (unpaired) electrons. The summed E-state index contributed by atoms with van der Waals surface area (Å²) in [5.74, 6) is 1.08. The van der Waals surface area contributed by atoms with E-state index in [2.05, 4.69) is 6.08 Å². The van der Waals surface area contributed by atoms with Crippen LogP contribution in [0.5, 0.6) is 0 Å². The summed E-state index contributed by atoms with van der Waals surface area (Å²) in [5, 5.41) is -0.403. The Morgan fingerprint density at radius 2 is 1.42 bits per heavy atom. The molecule has 0 aromatic heterocycles. The third-order valence-corrected chi connectivity index (χ3v) is 6.78. The molecule has 3 rings (SSSR count). The fourth-order valence-electron chi connectivity index (χ4n) is 4.90. The van der Waals surface area contributed by atoms with Crippen molar-refractivity contribution in [2.75, 3.05) is 6.67 Å². The first-order valence-corrected chi connectivity index (χ1v) is 10.3. The van der Waals surface area contributed by atoms with Gasteiger partial charge in [-0.3, -0.25) is 4.39 Å². The Morgan fingerprint density at radius 1 is 0.885 bits per heavy atom. The van der Waals surface area contributed by atoms with Gasteiger partial charge in [-0.05, 0) is 99.2 Å². The summed E-state index contributed by atoms with van der Waals surface area (Å²) in [4.78, 5) is 0. The molecule has 0 atom stereocenters. The fourth-order valence-corrected chi connectivity index (χ4v) is 5.00. The van der Waals surface area contributed by atoms with E-state index in [4.69, 9.17) is 11.6 Å². The zero-order valence-electron chi connectivity index (χ0n) is 15.2. The molecule has 0 heterocycles. The lowest BCUT2D eigenvalue weighted by atomic mass is 9.68. The minimum atomic E-state index is -0.650. The summed E-state index contributed by atoms with van der Waals surface area (Å²) < 4.78 is 39.6. The minimum Gasteiger partial charge on any atom is -0.251 e. The maximum atomic E-state index is 13.7. The van der Waals surface area contributed by atoms with Crippen LogP contribution in [-0.2, 0) is 0 Å². The Bertz CT molecular complexity index is 589. The third-order valence-electron chi connectivity index (χ3n) is 6.42. The van der Waals surface area contributed by atoms with Gasteiger partial charge in [0.1, 0.15) is 16.7 Å². The van der Waals surface area contributed by atoms with Crippen molar-refractivity contribution in [3.8, 4) is 0 Å². The summed E-state index contributed by atoms with van der Waals surface area (Å²) in [6.07, 6.45) is 13.9. The summed E-state index contributed by atoms with van der Waals surface area (Å²) in [6, 6.07) is 2.82. The van der Waals surface area contributed by atoms with Crippen LogP contribution in [0, 0.1) is 29.4 Å². The number of rotatable bonds is 5. The van der Waals surface area contributed by atoms with E-state index in [1.165, 1.54) is 37.8 Å². The van der Waals surface area contributed by atoms with E-state index in [-0.39, 0.29) is 12.6 Å². The molecule has 0 amide bonds. The zero-order chi connectivity index (χ0) is 18.5. The van der Waals surface area contributed by atoms with Crippen LogP contribution in [0.1, 0.15) is 69.3 Å². The van der Waals surface area contributed by atoms with E-state index in [0.29, 0.717) is 12.3 Å². The highest BCUT2D eigenvalue weighted by molar-refractivity contribution is 6.30. The Hall–Kier alpha value is -0.960. The van der Waals surface area contributed by atoms with Crippen LogP contribution >= 0.6 is 11.6 Å². The van der Waals surface area contributed by atoms with Gasteiger partial charge in [-0.2, -0.15) is 0 Å². The average Bonchev–Trinajstić information content (AvgIpc) is 2.67. The van der Waals surface area contributed by atoms with Crippen LogP contribution in [0.25, 0.3) is 0 Å². The standard InChI is InChI=1S/C22H28ClF3/c23-22-20(25)13-19(14-21(22)26)18-10-8-17(9-11-18)16-6-4-15(5-7-16)3-1-2-12-24/h1,3,13-18H,2,4-12H2/b3-1+. The van der Waals surface area contributed by atoms with Crippen molar-refractivity contribution in [1.82, 2.24) is 0 Å². The van der Waals surface area contributed by atoms with Gasteiger partial charge < -0.3 is 0 Å². The van der Waals surface area contributed by atoms with Crippen molar-refractivity contribution in [3.05, 3.63) is 46.5 Å². The molecule has 0 unspecified atom stereocenters. The lowest BCUT2D eigenvalue weighted by molar-refractivity contribution is 0.171. The van der Waals surface area contributed by atoms with Crippen molar-refractivity contribution in [2.24, 2.45) is 17.8 Å². The van der Waals surface area contributed by atoms with Crippen LogP contribution in [0.2, 0.25) is 5.02 Å². The van der Waals surface area contributed by atoms with Gasteiger partial charge >= 0.3 is 0 Å². The molecule has 1 aromatic rings. The Balaban J connectivity index is 1.49. The van der Waals surface area contributed by atoms with Gasteiger partial charge in [0.25, 0.3) is 0 Å². The summed E-state index contributed by atoms with van der Waals surface area (Å²) in [7, 11) is 0. The third kappa shape index (κ3) is 4.85. The molecule has 2 aliphatic carbocycles. The van der Waals surface area contributed by atoms with Gasteiger partial charge in [-0.15, -0.1) is 0 Å². The molecule has 0 N–H and O–H groups in total. The molecule has 0 bridgehead atoms. The number of hydrogen-bond acceptors (Lipinski definition) is 0. The molecule has 0 aliphatic heterocycles. The maximum absolute atomic E-state index is 13.7. The summed E-state index contributed by atoms with van der Waals surface area (Å²) in [6.45, 7) is -0.267. The first kappa shape index (κ1) is 19.8. The molecule has 0 saturated heterocycles. The predicted octanol–water partition coefficient (Wildman–Crippen LogP) is 7.61. The van der Waals surface area contributed by atoms with Gasteiger partial charge in [-0.1, -0.05) is 23.8 Å². The minimum absolute atomic E-state index is 0.243. The highest BCUT2D eigenvalue weighted by Gasteiger charge is 2.31. The van der Waals surface area contributed by atoms with Crippen molar-refractivity contribution in [2.45, 2.75) is 63.7 Å². The Kier molecular flexibility index (Phi) is 7.08. The summed E-state index contributed by atoms with van der Waals surface area (Å²) in [5.41, 5.74) is 0.754. The largest absolute Gasteiger partial charge is 0.251 e. The SMILES string of the molecule is FCC/C=C/C1CCC(C2CCC(c3cc(F)c(Cl)c(F)c3)CC2)CC1. The molecular formula is C22H28ClF3. The molecule has 0 nitrogen and oxygen atoms in total. The maximum Gasteiger partial charge on any atom is 0.145 e. The fraction of sp³-hybridized carbons (Fsp3) is 0.636. The quantitative estimate of drug-likeness (QED) is 0.362. The molecule has 1 aromatic carbocycles. The number of allylic oxidation sites excluding steroid dienone is 2. The number of alkyl halides is 1. The summed E-state index contributed by atoms with van der Waals surface area (Å²) >= 11 is 5.59. The van der Waals surface area contributed by atoms with Crippen LogP contribution in [0.15, 0.2) is 24.3 Å². The molecule has 2 fully saturated rings. The second kappa shape index (κ2) is 9.30. The van der Waals surface area contributed by atoms with Crippen LogP contribution in [0.4, 0.5) is 13.2 Å². The lowest BCUT2D eigenvalue weighted by Gasteiger charge is -2.37. The molecule has 0 spiro atoms. The highest BCUT2D eigenvalue weighted by atomic mass is 35.5. The molecule has 2 aliphatic rings. The molecule has 144 valence electrons. The topological polar surface area (TPSA) is 0 Å². The van der Waals surface area contributed by atoms with Crippen molar-refractivity contribution in [1.29, 1.82) is 0 Å². The Morgan fingerprint density at radius 3 is 1.96 bits per heavy atom. The monoisotopic (exact) mass is 384 g/mol. The molecule has 4 heteroatoms. The van der Waals surface area contributed by atoms with Gasteiger partial charge in [-0.25, -0.2) is 8.78 Å². The van der Waals surface area contributed by atoms with Gasteiger partial charge in [0, 0.05) is 0 Å². The van der Waals surface area contributed by atoms with Crippen molar-refractivity contribution in [3.63, 3.8) is 0 Å². The average molecular weight is 385 g/mol. The molecule has 2 saturated carbocycles. The number of halogens is 4. The Labute approximate surface area is 159 Å². The van der Waals surface area contributed by atoms with E-state index in [0.717, 1.165) is 43.1 Å². The van der Waals surface area contributed by atoms with E-state index in [1.54, 1.807) is 0 Å². The smallest absolute Gasteiger partial charge is 0.145 e. The van der Waals surface area contributed by atoms with E-state index in [9.17, 15) is 13.2 Å². The van der Waals surface area contributed by atoms with Crippen LogP contribution < -0.4 is 0 Å². The van der Waals surface area contributed by atoms with Crippen LogP contribution in [0.3, 0.4) is 0 Å². The van der Waals surface area contributed by atoms with E-state index < -0.39 is 16.7 Å². The van der Waals surface area contributed by atoms with Crippen molar-refractivity contribution >= 4 is 11.6 Å². The lowest BCUT2D eigenvalue weighted by Crippen LogP contribution is -2.25. The second-order valence-electron chi connectivity index (χ2n) is 7.99. The van der Waals surface area contributed by atoms with Gasteiger partial charge in [0.2, 0.25) is 0 Å². The number of hydrogen-bond donors (Lipinski definition) is 0. The van der Waals surface area contributed by atoms with Crippen LogP contribution in [-0.4, -0.2) is 6.67 Å². The normalized spacial score (nSPS) is 30.0. The van der Waals surface area contributed by atoms with E-state index >= 15 is 0 Å².